The van der Waals surface area contributed by atoms with Gasteiger partial charge in [-0.1, -0.05) is 61.0 Å². The number of nitrogens with zero attached hydrogens (tertiary/aromatic N) is 4. The quantitative estimate of drug-likeness (QED) is 0.153. The summed E-state index contributed by atoms with van der Waals surface area (Å²) in [4.78, 5) is 20.8. The Labute approximate surface area is 282 Å². The van der Waals surface area contributed by atoms with Gasteiger partial charge in [0.1, 0.15) is 5.82 Å². The van der Waals surface area contributed by atoms with Gasteiger partial charge < -0.3 is 19.3 Å². The van der Waals surface area contributed by atoms with E-state index >= 15 is 0 Å². The molecule has 0 atom stereocenters. The molecule has 0 unspecified atom stereocenters. The molecule has 1 aliphatic heterocycles. The van der Waals surface area contributed by atoms with Crippen molar-refractivity contribution in [2.45, 2.75) is 71.2 Å². The Balaban J connectivity index is 1.24. The van der Waals surface area contributed by atoms with Crippen molar-refractivity contribution in [2.24, 2.45) is 0 Å². The zero-order valence-corrected chi connectivity index (χ0v) is 29.0. The van der Waals surface area contributed by atoms with Gasteiger partial charge in [0.25, 0.3) is 15.9 Å². The molecule has 0 saturated carbocycles. The van der Waals surface area contributed by atoms with Gasteiger partial charge in [-0.05, 0) is 88.0 Å². The molecular formula is C37H44N6O4S. The standard InChI is InChI=1S/C37H44N6O4S/c1-5-11-34-39-35-25(2)22-30(36(44)38-18-21-42-19-9-6-10-20-42)23-32(35)43(34)24-28-14-16-29(17-15-28)31-12-7-8-13-33(31)48(45,46)41-37-26(3)27(4)40-47-37/h7-8,12-17,22-23,41H,5-6,9-11,18-21,24H2,1-4H3,(H,38,44). The van der Waals surface area contributed by atoms with Crippen molar-refractivity contribution in [1.82, 2.24) is 24.9 Å². The molecule has 1 saturated heterocycles. The van der Waals surface area contributed by atoms with E-state index in [1.165, 1.54) is 19.3 Å². The third-order valence-corrected chi connectivity index (χ3v) is 10.6. The summed E-state index contributed by atoms with van der Waals surface area (Å²) in [5, 5.41) is 6.99. The third-order valence-electron chi connectivity index (χ3n) is 9.19. The molecule has 5 aromatic rings. The molecular weight excluding hydrogens is 625 g/mol. The molecule has 2 aromatic heterocycles. The Morgan fingerprint density at radius 2 is 1.73 bits per heavy atom. The number of aryl methyl sites for hydroxylation is 3. The minimum atomic E-state index is -3.95. The minimum Gasteiger partial charge on any atom is -0.351 e. The molecule has 0 spiro atoms. The maximum absolute atomic E-state index is 13.5. The van der Waals surface area contributed by atoms with Crippen molar-refractivity contribution in [3.63, 3.8) is 0 Å². The van der Waals surface area contributed by atoms with Gasteiger partial charge in [-0.15, -0.1) is 0 Å². The van der Waals surface area contributed by atoms with Crippen LogP contribution in [0, 0.1) is 20.8 Å². The van der Waals surface area contributed by atoms with Crippen molar-refractivity contribution < 1.29 is 17.7 Å². The minimum absolute atomic E-state index is 0.0668. The van der Waals surface area contributed by atoms with Gasteiger partial charge in [0.2, 0.25) is 5.88 Å². The van der Waals surface area contributed by atoms with Crippen LogP contribution in [-0.2, 0) is 23.0 Å². The number of piperidine rings is 1. The van der Waals surface area contributed by atoms with E-state index in [-0.39, 0.29) is 16.7 Å². The molecule has 3 aromatic carbocycles. The molecule has 1 aliphatic rings. The summed E-state index contributed by atoms with van der Waals surface area (Å²) in [5.74, 6) is 1.02. The number of hydrogen-bond donors (Lipinski definition) is 2. The number of fused-ring (bicyclic) bond motifs is 1. The molecule has 3 heterocycles. The van der Waals surface area contributed by atoms with E-state index in [2.05, 4.69) is 31.6 Å². The maximum Gasteiger partial charge on any atom is 0.264 e. The molecule has 0 aliphatic carbocycles. The Morgan fingerprint density at radius 3 is 2.44 bits per heavy atom. The SMILES string of the molecule is CCCc1nc2c(C)cc(C(=O)NCCN3CCCCC3)cc2n1Cc1ccc(-c2ccccc2S(=O)(=O)Nc2onc(C)c2C)cc1. The van der Waals surface area contributed by atoms with Crippen LogP contribution in [0.1, 0.15) is 71.2 Å². The monoisotopic (exact) mass is 668 g/mol. The first-order valence-electron chi connectivity index (χ1n) is 16.8. The molecule has 1 fully saturated rings. The summed E-state index contributed by atoms with van der Waals surface area (Å²) >= 11 is 0. The van der Waals surface area contributed by atoms with E-state index < -0.39 is 10.0 Å². The fraction of sp³-hybridized carbons (Fsp3) is 0.378. The number of likely N-dealkylation sites (tertiary alicyclic amines) is 1. The molecule has 11 heteroatoms. The highest BCUT2D eigenvalue weighted by Crippen LogP contribution is 2.31. The first-order chi connectivity index (χ1) is 23.1. The molecule has 10 nitrogen and oxygen atoms in total. The molecule has 2 N–H and O–H groups in total. The van der Waals surface area contributed by atoms with E-state index in [9.17, 15) is 13.2 Å². The van der Waals surface area contributed by atoms with E-state index in [4.69, 9.17) is 9.51 Å². The molecule has 0 bridgehead atoms. The third kappa shape index (κ3) is 7.17. The van der Waals surface area contributed by atoms with Crippen molar-refractivity contribution in [2.75, 3.05) is 30.9 Å². The van der Waals surface area contributed by atoms with Crippen molar-refractivity contribution in [3.8, 4) is 11.1 Å². The Hall–Kier alpha value is -4.48. The van der Waals surface area contributed by atoms with Crippen LogP contribution in [0.4, 0.5) is 5.88 Å². The molecule has 48 heavy (non-hydrogen) atoms. The number of amides is 1. The van der Waals surface area contributed by atoms with Gasteiger partial charge in [-0.2, -0.15) is 0 Å². The van der Waals surface area contributed by atoms with E-state index in [0.717, 1.165) is 66.0 Å². The van der Waals surface area contributed by atoms with Crippen LogP contribution in [0.15, 0.2) is 70.1 Å². The van der Waals surface area contributed by atoms with Crippen LogP contribution in [-0.4, -0.2) is 60.1 Å². The number of hydrogen-bond acceptors (Lipinski definition) is 7. The van der Waals surface area contributed by atoms with Crippen LogP contribution in [0.25, 0.3) is 22.2 Å². The highest BCUT2D eigenvalue weighted by Gasteiger charge is 2.23. The highest BCUT2D eigenvalue weighted by molar-refractivity contribution is 7.92. The lowest BCUT2D eigenvalue weighted by Gasteiger charge is -2.26. The number of anilines is 1. The van der Waals surface area contributed by atoms with Gasteiger partial charge in [0, 0.05) is 42.7 Å². The fourth-order valence-corrected chi connectivity index (χ4v) is 7.65. The molecule has 252 valence electrons. The van der Waals surface area contributed by atoms with Crippen molar-refractivity contribution in [1.29, 1.82) is 0 Å². The van der Waals surface area contributed by atoms with Gasteiger partial charge in [-0.3, -0.25) is 4.79 Å². The summed E-state index contributed by atoms with van der Waals surface area (Å²) in [5.41, 5.74) is 7.12. The first kappa shape index (κ1) is 33.4. The largest absolute Gasteiger partial charge is 0.351 e. The number of benzene rings is 3. The topological polar surface area (TPSA) is 122 Å². The average Bonchev–Trinajstić information content (AvgIpc) is 3.59. The van der Waals surface area contributed by atoms with E-state index in [0.29, 0.717) is 35.5 Å². The lowest BCUT2D eigenvalue weighted by Crippen LogP contribution is -2.37. The number of carbonyl (C=O) groups is 1. The molecule has 0 radical (unpaired) electrons. The fourth-order valence-electron chi connectivity index (χ4n) is 6.37. The summed E-state index contributed by atoms with van der Waals surface area (Å²) in [6.45, 7) is 11.9. The predicted octanol–water partition coefficient (Wildman–Crippen LogP) is 6.63. The van der Waals surface area contributed by atoms with Crippen LogP contribution in [0.2, 0.25) is 0 Å². The Morgan fingerprint density at radius 1 is 0.979 bits per heavy atom. The van der Waals surface area contributed by atoms with Gasteiger partial charge >= 0.3 is 0 Å². The van der Waals surface area contributed by atoms with Crippen molar-refractivity contribution >= 4 is 32.8 Å². The number of rotatable bonds is 12. The number of aromatic nitrogens is 3. The maximum atomic E-state index is 13.5. The van der Waals surface area contributed by atoms with Crippen LogP contribution >= 0.6 is 0 Å². The Bertz CT molecular complexity index is 2020. The molecule has 6 rings (SSSR count). The number of sulfonamides is 1. The van der Waals surface area contributed by atoms with Gasteiger partial charge in [0.15, 0.2) is 0 Å². The second kappa shape index (κ2) is 14.3. The summed E-state index contributed by atoms with van der Waals surface area (Å²) < 4.78 is 36.9. The van der Waals surface area contributed by atoms with E-state index in [1.807, 2.05) is 49.4 Å². The number of carbonyl (C=O) groups excluding carboxylic acids is 1. The van der Waals surface area contributed by atoms with Crippen LogP contribution in [0.3, 0.4) is 0 Å². The summed E-state index contributed by atoms with van der Waals surface area (Å²) in [6, 6.07) is 18.7. The van der Waals surface area contributed by atoms with Gasteiger partial charge in [-0.25, -0.2) is 18.1 Å². The highest BCUT2D eigenvalue weighted by atomic mass is 32.2. The first-order valence-corrected chi connectivity index (χ1v) is 18.3. The Kier molecular flexibility index (Phi) is 9.98. The van der Waals surface area contributed by atoms with Gasteiger partial charge in [0.05, 0.1) is 21.6 Å². The average molecular weight is 669 g/mol. The second-order valence-corrected chi connectivity index (χ2v) is 14.4. The lowest BCUT2D eigenvalue weighted by molar-refractivity contribution is 0.0946. The number of imidazole rings is 1. The summed E-state index contributed by atoms with van der Waals surface area (Å²) in [6.07, 6.45) is 5.51. The zero-order chi connectivity index (χ0) is 33.8. The van der Waals surface area contributed by atoms with Crippen molar-refractivity contribution in [3.05, 3.63) is 94.4 Å². The number of nitrogens with one attached hydrogen (secondary N) is 2. The van der Waals surface area contributed by atoms with Crippen LogP contribution < -0.4 is 10.0 Å². The molecule has 1 amide bonds. The van der Waals surface area contributed by atoms with Crippen LogP contribution in [0.5, 0.6) is 0 Å². The lowest BCUT2D eigenvalue weighted by atomic mass is 10.0. The predicted molar refractivity (Wildman–Crippen MR) is 189 cm³/mol. The second-order valence-electron chi connectivity index (χ2n) is 12.7. The van der Waals surface area contributed by atoms with E-state index in [1.54, 1.807) is 32.0 Å². The summed E-state index contributed by atoms with van der Waals surface area (Å²) in [7, 11) is -3.95. The normalized spacial score (nSPS) is 14.0. The zero-order valence-electron chi connectivity index (χ0n) is 28.2. The smallest absolute Gasteiger partial charge is 0.264 e.